The van der Waals surface area contributed by atoms with E-state index in [1.54, 1.807) is 0 Å². The summed E-state index contributed by atoms with van der Waals surface area (Å²) in [4.78, 5) is 4.98. The fourth-order valence-corrected chi connectivity index (χ4v) is 9.43. The molecule has 0 amide bonds. The summed E-state index contributed by atoms with van der Waals surface area (Å²) in [6, 6.07) is 4.04. The van der Waals surface area contributed by atoms with Gasteiger partial charge in [-0.25, -0.2) is 0 Å². The van der Waals surface area contributed by atoms with Gasteiger partial charge in [0.1, 0.15) is 0 Å². The van der Waals surface area contributed by atoms with Crippen LogP contribution in [-0.4, -0.2) is 36.8 Å². The highest BCUT2D eigenvalue weighted by atomic mass is 31.2. The van der Waals surface area contributed by atoms with Gasteiger partial charge in [-0.3, -0.25) is 14.1 Å². The third kappa shape index (κ3) is 12.4. The number of nitrogens with zero attached hydrogens (tertiary/aromatic N) is 1. The van der Waals surface area contributed by atoms with Crippen molar-refractivity contribution in [3.05, 3.63) is 29.1 Å². The molecule has 7 nitrogen and oxygen atoms in total. The predicted octanol–water partition coefficient (Wildman–Crippen LogP) is 9.62. The van der Waals surface area contributed by atoms with Gasteiger partial charge in [-0.05, 0) is 47.8 Å². The van der Waals surface area contributed by atoms with Gasteiger partial charge in [-0.2, -0.15) is 0 Å². The largest absolute Gasteiger partial charge is 0.346 e. The molecule has 1 aromatic rings. The van der Waals surface area contributed by atoms with Crippen LogP contribution < -0.4 is 0 Å². The monoisotopic (exact) mass is 603 g/mol. The smallest absolute Gasteiger partial charge is 0.308 e. The molecule has 0 atom stereocenters. The van der Waals surface area contributed by atoms with E-state index in [9.17, 15) is 9.13 Å². The van der Waals surface area contributed by atoms with Crippen molar-refractivity contribution < 1.29 is 27.2 Å². The summed E-state index contributed by atoms with van der Waals surface area (Å²) >= 11 is 0. The molecular weight excluding hydrogens is 544 g/mol. The molecule has 1 aromatic heterocycles. The normalized spacial score (nSPS) is 14.0. The SMILES string of the molecule is CC(C)COP(=O)(OCC(C)C)C(Cc1cc(C(C)(C)C)nc(C(C)(C)C)c1)P(=O)(OCC(C)C)OCC(C)C. The second-order valence-electron chi connectivity index (χ2n) is 14.8. The quantitative estimate of drug-likeness (QED) is 0.174. The van der Waals surface area contributed by atoms with Gasteiger partial charge in [-0.1, -0.05) is 96.9 Å². The molecule has 0 fully saturated rings. The van der Waals surface area contributed by atoms with Crippen molar-refractivity contribution in [2.24, 2.45) is 23.7 Å². The number of aromatic nitrogens is 1. The van der Waals surface area contributed by atoms with E-state index in [4.69, 9.17) is 23.1 Å². The van der Waals surface area contributed by atoms with E-state index >= 15 is 0 Å². The Balaban J connectivity index is 3.91. The van der Waals surface area contributed by atoms with Gasteiger partial charge in [0.2, 0.25) is 0 Å². The second kappa shape index (κ2) is 15.3. The molecule has 0 unspecified atom stereocenters. The zero-order chi connectivity index (χ0) is 31.1. The van der Waals surface area contributed by atoms with Gasteiger partial charge >= 0.3 is 15.2 Å². The minimum Gasteiger partial charge on any atom is -0.308 e. The molecule has 1 rings (SSSR count). The van der Waals surface area contributed by atoms with Crippen LogP contribution in [0, 0.1) is 23.7 Å². The maximum atomic E-state index is 14.8. The summed E-state index contributed by atoms with van der Waals surface area (Å²) in [5, 5.41) is -1.13. The molecule has 234 valence electrons. The van der Waals surface area contributed by atoms with E-state index in [2.05, 4.69) is 41.5 Å². The summed E-state index contributed by atoms with van der Waals surface area (Å²) in [5.41, 5.74) is 2.25. The highest BCUT2D eigenvalue weighted by molar-refractivity contribution is 7.72. The van der Waals surface area contributed by atoms with Crippen LogP contribution in [0.1, 0.15) is 114 Å². The first kappa shape index (κ1) is 37.5. The van der Waals surface area contributed by atoms with Crippen molar-refractivity contribution in [3.8, 4) is 0 Å². The highest BCUT2D eigenvalue weighted by Crippen LogP contribution is 2.71. The molecule has 0 aliphatic heterocycles. The minimum absolute atomic E-state index is 0.102. The molecule has 0 spiro atoms. The molecule has 0 aliphatic carbocycles. The van der Waals surface area contributed by atoms with Crippen molar-refractivity contribution in [3.63, 3.8) is 0 Å². The summed E-state index contributed by atoms with van der Waals surface area (Å²) in [6.45, 7) is 29.4. The molecule has 0 saturated carbocycles. The Bertz CT molecular complexity index is 902. The fourth-order valence-electron chi connectivity index (χ4n) is 3.51. The van der Waals surface area contributed by atoms with Crippen LogP contribution in [0.25, 0.3) is 0 Å². The standard InChI is InChI=1S/C31H59NO6P2/c1-22(2)18-35-39(33,36-19-23(3)4)29(40(34,37-20-24(5)6)38-21-25(7)8)17-26-15-27(30(9,10)11)32-28(16-26)31(12,13)14/h15-16,22-25,29H,17-21H2,1-14H3. The summed E-state index contributed by atoms with van der Waals surface area (Å²) in [6.07, 6.45) is 0.148. The van der Waals surface area contributed by atoms with Gasteiger partial charge in [0.25, 0.3) is 0 Å². The Morgan fingerprint density at radius 1 is 0.600 bits per heavy atom. The molecule has 0 radical (unpaired) electrons. The van der Waals surface area contributed by atoms with Crippen molar-refractivity contribution in [1.29, 1.82) is 0 Å². The van der Waals surface area contributed by atoms with Crippen LogP contribution in [0.3, 0.4) is 0 Å². The number of hydrogen-bond donors (Lipinski definition) is 0. The lowest BCUT2D eigenvalue weighted by Crippen LogP contribution is -2.25. The van der Waals surface area contributed by atoms with Crippen LogP contribution in [0.2, 0.25) is 0 Å². The van der Waals surface area contributed by atoms with E-state index in [-0.39, 0.29) is 67.3 Å². The van der Waals surface area contributed by atoms with E-state index in [1.807, 2.05) is 67.5 Å². The summed E-state index contributed by atoms with van der Waals surface area (Å²) in [5.74, 6) is 0.408. The van der Waals surface area contributed by atoms with Gasteiger partial charge in [0, 0.05) is 22.2 Å². The average molecular weight is 604 g/mol. The zero-order valence-electron chi connectivity index (χ0n) is 27.9. The lowest BCUT2D eigenvalue weighted by atomic mass is 9.86. The van der Waals surface area contributed by atoms with Crippen LogP contribution in [-0.2, 0) is 44.5 Å². The predicted molar refractivity (Wildman–Crippen MR) is 168 cm³/mol. The average Bonchev–Trinajstić information content (AvgIpc) is 2.81. The maximum Gasteiger partial charge on any atom is 0.346 e. The summed E-state index contributed by atoms with van der Waals surface area (Å²) < 4.78 is 54.1. The van der Waals surface area contributed by atoms with Crippen LogP contribution >= 0.6 is 15.2 Å². The van der Waals surface area contributed by atoms with Gasteiger partial charge in [0.15, 0.2) is 5.40 Å². The first-order valence-corrected chi connectivity index (χ1v) is 18.1. The van der Waals surface area contributed by atoms with Crippen molar-refractivity contribution in [2.45, 2.75) is 120 Å². The van der Waals surface area contributed by atoms with Crippen molar-refractivity contribution in [1.82, 2.24) is 4.98 Å². The minimum atomic E-state index is -3.99. The van der Waals surface area contributed by atoms with Crippen molar-refractivity contribution >= 4 is 15.2 Å². The Hall–Kier alpha value is -0.550. The molecule has 0 bridgehead atoms. The number of hydrogen-bond acceptors (Lipinski definition) is 7. The van der Waals surface area contributed by atoms with Gasteiger partial charge in [-0.15, -0.1) is 0 Å². The second-order valence-corrected chi connectivity index (χ2v) is 19.6. The lowest BCUT2D eigenvalue weighted by molar-refractivity contribution is 0.152. The van der Waals surface area contributed by atoms with E-state index in [0.717, 1.165) is 17.0 Å². The highest BCUT2D eigenvalue weighted by Gasteiger charge is 2.51. The Labute approximate surface area is 246 Å². The molecule has 0 aromatic carbocycles. The fraction of sp³-hybridized carbons (Fsp3) is 0.839. The van der Waals surface area contributed by atoms with Crippen LogP contribution in [0.4, 0.5) is 0 Å². The van der Waals surface area contributed by atoms with E-state index < -0.39 is 20.6 Å². The topological polar surface area (TPSA) is 84.0 Å². The first-order chi connectivity index (χ1) is 18.1. The molecule has 0 aliphatic rings. The first-order valence-electron chi connectivity index (χ1n) is 14.9. The Kier molecular flexibility index (Phi) is 14.3. The molecule has 0 N–H and O–H groups in total. The van der Waals surface area contributed by atoms with Crippen molar-refractivity contribution in [2.75, 3.05) is 26.4 Å². The zero-order valence-corrected chi connectivity index (χ0v) is 29.7. The van der Waals surface area contributed by atoms with Crippen LogP contribution in [0.5, 0.6) is 0 Å². The third-order valence-corrected chi connectivity index (χ3v) is 11.5. The number of rotatable bonds is 16. The van der Waals surface area contributed by atoms with E-state index in [1.165, 1.54) is 0 Å². The van der Waals surface area contributed by atoms with E-state index in [0.29, 0.717) is 0 Å². The van der Waals surface area contributed by atoms with Gasteiger partial charge < -0.3 is 18.1 Å². The molecular formula is C31H59NO6P2. The Morgan fingerprint density at radius 2 is 0.875 bits per heavy atom. The molecule has 0 saturated heterocycles. The van der Waals surface area contributed by atoms with Gasteiger partial charge in [0.05, 0.1) is 26.4 Å². The van der Waals surface area contributed by atoms with Crippen LogP contribution in [0.15, 0.2) is 12.1 Å². The lowest BCUT2D eigenvalue weighted by Gasteiger charge is -2.34. The maximum absolute atomic E-state index is 14.8. The molecule has 1 heterocycles. The third-order valence-electron chi connectivity index (χ3n) is 5.92. The molecule has 9 heteroatoms. The Morgan fingerprint density at radius 3 is 1.10 bits per heavy atom. The number of pyridine rings is 1. The molecule has 40 heavy (non-hydrogen) atoms. The summed E-state index contributed by atoms with van der Waals surface area (Å²) in [7, 11) is -7.98.